The number of hydrogen-bond donors (Lipinski definition) is 0. The number of rotatable bonds is 1. The average Bonchev–Trinajstić information content (AvgIpc) is 2.42. The number of aromatic nitrogens is 3. The highest BCUT2D eigenvalue weighted by Crippen LogP contribution is 2.05. The molecule has 68 valence electrons. The minimum Gasteiger partial charge on any atom is -0.250 e. The van der Waals surface area contributed by atoms with E-state index < -0.39 is 0 Å². The van der Waals surface area contributed by atoms with E-state index in [4.69, 9.17) is 0 Å². The largest absolute Gasteiger partial charge is 0.350 e. The molecule has 2 aromatic heterocycles. The molecule has 0 radical (unpaired) electrons. The highest BCUT2D eigenvalue weighted by Gasteiger charge is 2.03. The van der Waals surface area contributed by atoms with Gasteiger partial charge >= 0.3 is 5.69 Å². The van der Waals surface area contributed by atoms with Crippen LogP contribution in [-0.4, -0.2) is 14.2 Å². The second-order valence-electron chi connectivity index (χ2n) is 2.67. The molecule has 5 heteroatoms. The van der Waals surface area contributed by atoms with Gasteiger partial charge in [0, 0.05) is 16.3 Å². The van der Waals surface area contributed by atoms with E-state index in [1.807, 2.05) is 19.1 Å². The lowest BCUT2D eigenvalue weighted by Gasteiger charge is -1.89. The van der Waals surface area contributed by atoms with E-state index in [9.17, 15) is 4.79 Å². The maximum atomic E-state index is 11.5. The Morgan fingerprint density at radius 2 is 2.38 bits per heavy atom. The van der Waals surface area contributed by atoms with Crippen molar-refractivity contribution in [2.24, 2.45) is 0 Å². The Labute approximate surface area is 88.3 Å². The molecule has 0 aliphatic heterocycles. The first-order valence-electron chi connectivity index (χ1n) is 3.97. The molecule has 0 fully saturated rings. The predicted octanol–water partition coefficient (Wildman–Crippen LogP) is 1.12. The van der Waals surface area contributed by atoms with Crippen molar-refractivity contribution in [3.05, 3.63) is 32.4 Å². The van der Waals surface area contributed by atoms with Crippen LogP contribution in [0.25, 0.3) is 5.65 Å². The summed E-state index contributed by atoms with van der Waals surface area (Å²) >= 11 is 2.20. The first-order valence-corrected chi connectivity index (χ1v) is 5.05. The molecule has 0 saturated carbocycles. The summed E-state index contributed by atoms with van der Waals surface area (Å²) in [5.74, 6) is 0. The minimum absolute atomic E-state index is 0.0751. The molecule has 0 aliphatic carbocycles. The third-order valence-corrected chi connectivity index (χ3v) is 2.52. The van der Waals surface area contributed by atoms with Crippen molar-refractivity contribution in [1.29, 1.82) is 0 Å². The SMILES string of the molecule is CCn1nc2cc(I)ccn2c1=O. The summed E-state index contributed by atoms with van der Waals surface area (Å²) in [5, 5.41) is 4.15. The fraction of sp³-hybridized carbons (Fsp3) is 0.250. The van der Waals surface area contributed by atoms with Gasteiger partial charge in [0.05, 0.1) is 0 Å². The quantitative estimate of drug-likeness (QED) is 0.738. The summed E-state index contributed by atoms with van der Waals surface area (Å²) in [6.07, 6.45) is 1.75. The van der Waals surface area contributed by atoms with Gasteiger partial charge in [-0.1, -0.05) is 0 Å². The fourth-order valence-corrected chi connectivity index (χ4v) is 1.64. The Bertz CT molecular complexity index is 500. The number of halogens is 1. The zero-order valence-corrected chi connectivity index (χ0v) is 9.22. The van der Waals surface area contributed by atoms with Gasteiger partial charge in [-0.2, -0.15) is 0 Å². The smallest absolute Gasteiger partial charge is 0.250 e. The van der Waals surface area contributed by atoms with Crippen molar-refractivity contribution in [3.63, 3.8) is 0 Å². The van der Waals surface area contributed by atoms with E-state index in [0.717, 1.165) is 3.57 Å². The summed E-state index contributed by atoms with van der Waals surface area (Å²) in [5.41, 5.74) is 0.632. The minimum atomic E-state index is -0.0751. The standard InChI is InChI=1S/C8H8IN3O/c1-2-12-8(13)11-4-3-6(9)5-7(11)10-12/h3-5H,2H2,1H3. The molecule has 0 unspecified atom stereocenters. The molecule has 2 aromatic rings. The lowest BCUT2D eigenvalue weighted by Crippen LogP contribution is -2.19. The Kier molecular flexibility index (Phi) is 2.10. The van der Waals surface area contributed by atoms with Crippen LogP contribution in [-0.2, 0) is 6.54 Å². The van der Waals surface area contributed by atoms with Gasteiger partial charge < -0.3 is 0 Å². The molecule has 0 atom stereocenters. The summed E-state index contributed by atoms with van der Waals surface area (Å²) in [6, 6.07) is 3.77. The molecule has 0 aromatic carbocycles. The Hall–Kier alpha value is -0.850. The van der Waals surface area contributed by atoms with Crippen molar-refractivity contribution >= 4 is 28.2 Å². The molecule has 0 aliphatic rings. The third kappa shape index (κ3) is 1.37. The van der Waals surface area contributed by atoms with Gasteiger partial charge in [-0.25, -0.2) is 9.48 Å². The topological polar surface area (TPSA) is 39.3 Å². The van der Waals surface area contributed by atoms with E-state index in [-0.39, 0.29) is 5.69 Å². The lowest BCUT2D eigenvalue weighted by atomic mass is 10.5. The zero-order valence-electron chi connectivity index (χ0n) is 7.07. The molecule has 2 rings (SSSR count). The monoisotopic (exact) mass is 289 g/mol. The van der Waals surface area contributed by atoms with Crippen LogP contribution in [0.5, 0.6) is 0 Å². The van der Waals surface area contributed by atoms with E-state index in [1.165, 1.54) is 4.68 Å². The maximum Gasteiger partial charge on any atom is 0.350 e. The van der Waals surface area contributed by atoms with Crippen molar-refractivity contribution in [1.82, 2.24) is 14.2 Å². The Morgan fingerprint density at radius 1 is 1.62 bits per heavy atom. The number of aryl methyl sites for hydroxylation is 1. The van der Waals surface area contributed by atoms with E-state index in [2.05, 4.69) is 27.7 Å². The lowest BCUT2D eigenvalue weighted by molar-refractivity contribution is 0.633. The van der Waals surface area contributed by atoms with Crippen LogP contribution in [0.3, 0.4) is 0 Å². The Balaban J connectivity index is 2.84. The van der Waals surface area contributed by atoms with Crippen LogP contribution in [0.1, 0.15) is 6.92 Å². The van der Waals surface area contributed by atoms with Crippen molar-refractivity contribution in [2.45, 2.75) is 13.5 Å². The van der Waals surface area contributed by atoms with Gasteiger partial charge in [0.15, 0.2) is 5.65 Å². The number of hydrogen-bond acceptors (Lipinski definition) is 2. The van der Waals surface area contributed by atoms with E-state index >= 15 is 0 Å². The molecular formula is C8H8IN3O. The van der Waals surface area contributed by atoms with Crippen LogP contribution in [0, 0.1) is 3.57 Å². The van der Waals surface area contributed by atoms with Gasteiger partial charge in [0.2, 0.25) is 0 Å². The average molecular weight is 289 g/mol. The second-order valence-corrected chi connectivity index (χ2v) is 3.92. The first-order chi connectivity index (χ1) is 6.22. The molecule has 0 N–H and O–H groups in total. The maximum absolute atomic E-state index is 11.5. The summed E-state index contributed by atoms with van der Waals surface area (Å²) in [7, 11) is 0. The van der Waals surface area contributed by atoms with Gasteiger partial charge in [-0.05, 0) is 41.6 Å². The van der Waals surface area contributed by atoms with Gasteiger partial charge in [0.25, 0.3) is 0 Å². The van der Waals surface area contributed by atoms with Crippen LogP contribution in [0.4, 0.5) is 0 Å². The highest BCUT2D eigenvalue weighted by atomic mass is 127. The normalized spacial score (nSPS) is 10.9. The molecule has 0 spiro atoms. The number of fused-ring (bicyclic) bond motifs is 1. The van der Waals surface area contributed by atoms with E-state index in [0.29, 0.717) is 12.2 Å². The van der Waals surface area contributed by atoms with Crippen LogP contribution < -0.4 is 5.69 Å². The van der Waals surface area contributed by atoms with Gasteiger partial charge in [0.1, 0.15) is 0 Å². The first kappa shape index (κ1) is 8.74. The summed E-state index contributed by atoms with van der Waals surface area (Å²) in [4.78, 5) is 11.5. The molecule has 0 amide bonds. The number of nitrogens with zero attached hydrogens (tertiary/aromatic N) is 3. The summed E-state index contributed by atoms with van der Waals surface area (Å²) < 4.78 is 4.08. The fourth-order valence-electron chi connectivity index (χ4n) is 1.20. The van der Waals surface area contributed by atoms with Crippen molar-refractivity contribution < 1.29 is 0 Å². The molecule has 13 heavy (non-hydrogen) atoms. The van der Waals surface area contributed by atoms with Crippen LogP contribution in [0.15, 0.2) is 23.1 Å². The second kappa shape index (κ2) is 3.13. The molecule has 0 bridgehead atoms. The molecule has 2 heterocycles. The van der Waals surface area contributed by atoms with Crippen molar-refractivity contribution in [3.8, 4) is 0 Å². The Morgan fingerprint density at radius 3 is 3.08 bits per heavy atom. The number of pyridine rings is 1. The molecular weight excluding hydrogens is 281 g/mol. The van der Waals surface area contributed by atoms with Gasteiger partial charge in [-0.15, -0.1) is 5.10 Å². The molecule has 4 nitrogen and oxygen atoms in total. The predicted molar refractivity (Wildman–Crippen MR) is 57.8 cm³/mol. The van der Waals surface area contributed by atoms with Crippen LogP contribution >= 0.6 is 22.6 Å². The van der Waals surface area contributed by atoms with Gasteiger partial charge in [-0.3, -0.25) is 4.40 Å². The highest BCUT2D eigenvalue weighted by molar-refractivity contribution is 14.1. The summed E-state index contributed by atoms with van der Waals surface area (Å²) in [6.45, 7) is 2.51. The van der Waals surface area contributed by atoms with Crippen molar-refractivity contribution in [2.75, 3.05) is 0 Å². The zero-order chi connectivity index (χ0) is 9.42. The molecule has 0 saturated heterocycles. The van der Waals surface area contributed by atoms with E-state index in [1.54, 1.807) is 10.6 Å². The van der Waals surface area contributed by atoms with Crippen LogP contribution in [0.2, 0.25) is 0 Å². The third-order valence-electron chi connectivity index (χ3n) is 1.85.